The lowest BCUT2D eigenvalue weighted by atomic mass is 10.1. The Balaban J connectivity index is 1.80. The summed E-state index contributed by atoms with van der Waals surface area (Å²) in [5.74, 6) is -0.518. The Hall–Kier alpha value is -3.75. The molecule has 0 saturated carbocycles. The van der Waals surface area contributed by atoms with Crippen LogP contribution in [-0.2, 0) is 37.2 Å². The molecule has 0 aliphatic rings. The molecule has 0 aromatic carbocycles. The van der Waals surface area contributed by atoms with Crippen molar-refractivity contribution in [3.63, 3.8) is 0 Å². The summed E-state index contributed by atoms with van der Waals surface area (Å²) < 4.78 is 45.9. The Labute approximate surface area is 173 Å². The summed E-state index contributed by atoms with van der Waals surface area (Å²) >= 11 is 0. The molecule has 1 N–H and O–H groups in total. The van der Waals surface area contributed by atoms with Crippen molar-refractivity contribution in [2.24, 2.45) is 0 Å². The molecule has 0 aliphatic heterocycles. The molecule has 0 saturated heterocycles. The van der Waals surface area contributed by atoms with Gasteiger partial charge < -0.3 is 4.74 Å². The summed E-state index contributed by atoms with van der Waals surface area (Å²) in [7, 11) is 0. The number of hydrogen-bond donors (Lipinski definition) is 1. The number of rotatable bonds is 9. The highest BCUT2D eigenvalue weighted by atomic mass is 19.4. The van der Waals surface area contributed by atoms with Gasteiger partial charge in [-0.1, -0.05) is 11.2 Å². The number of nitrogens with one attached hydrogen (secondary N) is 1. The van der Waals surface area contributed by atoms with Gasteiger partial charge in [0.25, 0.3) is 5.91 Å². The molecule has 3 aromatic heterocycles. The van der Waals surface area contributed by atoms with Crippen molar-refractivity contribution in [1.82, 2.24) is 45.4 Å². The molecule has 12 nitrogen and oxygen atoms in total. The van der Waals surface area contributed by atoms with E-state index in [2.05, 4.69) is 47.8 Å². The van der Waals surface area contributed by atoms with Gasteiger partial charge in [-0.3, -0.25) is 10.1 Å². The van der Waals surface area contributed by atoms with Crippen LogP contribution in [0.1, 0.15) is 34.5 Å². The summed E-state index contributed by atoms with van der Waals surface area (Å²) in [5.41, 5.74) is -1.52. The fourth-order valence-electron chi connectivity index (χ4n) is 2.39. The molecule has 15 heteroatoms. The Morgan fingerprint density at radius 3 is 2.74 bits per heavy atom. The van der Waals surface area contributed by atoms with E-state index in [1.807, 2.05) is 6.92 Å². The maximum atomic E-state index is 13.1. The molecule has 3 aromatic rings. The first-order valence-corrected chi connectivity index (χ1v) is 8.91. The zero-order valence-corrected chi connectivity index (χ0v) is 16.2. The van der Waals surface area contributed by atoms with Crippen LogP contribution in [-0.4, -0.2) is 51.3 Å². The number of amides is 1. The lowest BCUT2D eigenvalue weighted by molar-refractivity contribution is -0.141. The van der Waals surface area contributed by atoms with Gasteiger partial charge in [0.05, 0.1) is 31.0 Å². The van der Waals surface area contributed by atoms with Crippen molar-refractivity contribution >= 4 is 11.9 Å². The van der Waals surface area contributed by atoms with E-state index in [9.17, 15) is 18.0 Å². The molecular weight excluding hydrogens is 421 g/mol. The standard InChI is InChI=1S/C16H17F3N10O2/c1-3-7-28-15(23-25-27-28)21-14(30)10-5-6-12(16(17,18)19)20-11(10)8-31-9-13-22-26-29(4-2)24-13/h3,5-6H,1,4,7-9H2,2H3,(H,21,23,27,30). The number of pyridine rings is 1. The summed E-state index contributed by atoms with van der Waals surface area (Å²) in [5, 5.41) is 24.7. The molecule has 0 atom stereocenters. The van der Waals surface area contributed by atoms with Crippen molar-refractivity contribution in [1.29, 1.82) is 0 Å². The van der Waals surface area contributed by atoms with Gasteiger partial charge in [0, 0.05) is 0 Å². The number of aryl methyl sites for hydroxylation is 1. The van der Waals surface area contributed by atoms with Crippen LogP contribution >= 0.6 is 0 Å². The maximum Gasteiger partial charge on any atom is 0.433 e. The van der Waals surface area contributed by atoms with Gasteiger partial charge in [-0.2, -0.15) is 18.0 Å². The second-order valence-electron chi connectivity index (χ2n) is 6.00. The zero-order valence-electron chi connectivity index (χ0n) is 16.2. The molecule has 31 heavy (non-hydrogen) atoms. The first-order chi connectivity index (χ1) is 14.8. The topological polar surface area (TPSA) is 138 Å². The van der Waals surface area contributed by atoms with Crippen molar-refractivity contribution < 1.29 is 22.7 Å². The molecule has 3 heterocycles. The third-order valence-corrected chi connectivity index (χ3v) is 3.82. The zero-order chi connectivity index (χ0) is 22.4. The Bertz CT molecular complexity index is 1060. The van der Waals surface area contributed by atoms with Crippen LogP contribution in [0.4, 0.5) is 19.1 Å². The van der Waals surface area contributed by atoms with Gasteiger partial charge in [-0.25, -0.2) is 9.67 Å². The second-order valence-corrected chi connectivity index (χ2v) is 6.00. The number of alkyl halides is 3. The molecular formula is C16H17F3N10O2. The average molecular weight is 438 g/mol. The highest BCUT2D eigenvalue weighted by molar-refractivity contribution is 6.04. The number of nitrogens with zero attached hydrogens (tertiary/aromatic N) is 9. The maximum absolute atomic E-state index is 13.1. The van der Waals surface area contributed by atoms with E-state index >= 15 is 0 Å². The van der Waals surface area contributed by atoms with E-state index < -0.39 is 24.4 Å². The Kier molecular flexibility index (Phi) is 6.64. The normalized spacial score (nSPS) is 11.5. The fourth-order valence-corrected chi connectivity index (χ4v) is 2.39. The Morgan fingerprint density at radius 2 is 2.06 bits per heavy atom. The van der Waals surface area contributed by atoms with Gasteiger partial charge in [-0.15, -0.1) is 16.8 Å². The largest absolute Gasteiger partial charge is 0.433 e. The third-order valence-electron chi connectivity index (χ3n) is 3.82. The highest BCUT2D eigenvalue weighted by Gasteiger charge is 2.33. The number of ether oxygens (including phenoxy) is 1. The van der Waals surface area contributed by atoms with E-state index in [0.717, 1.165) is 6.07 Å². The first-order valence-electron chi connectivity index (χ1n) is 8.91. The van der Waals surface area contributed by atoms with Crippen LogP contribution in [0.2, 0.25) is 0 Å². The number of carbonyl (C=O) groups is 1. The van der Waals surface area contributed by atoms with E-state index in [1.165, 1.54) is 15.6 Å². The minimum Gasteiger partial charge on any atom is -0.367 e. The number of aromatic nitrogens is 9. The van der Waals surface area contributed by atoms with E-state index in [-0.39, 0.29) is 36.2 Å². The molecule has 0 spiro atoms. The highest BCUT2D eigenvalue weighted by Crippen LogP contribution is 2.28. The van der Waals surface area contributed by atoms with Crippen molar-refractivity contribution in [3.05, 3.63) is 47.6 Å². The number of tetrazole rings is 2. The van der Waals surface area contributed by atoms with Crippen LogP contribution < -0.4 is 5.32 Å². The molecule has 164 valence electrons. The predicted molar refractivity (Wildman–Crippen MR) is 97.2 cm³/mol. The van der Waals surface area contributed by atoms with Crippen LogP contribution in [0.5, 0.6) is 0 Å². The number of halogens is 3. The van der Waals surface area contributed by atoms with Gasteiger partial charge >= 0.3 is 6.18 Å². The van der Waals surface area contributed by atoms with Gasteiger partial charge in [0.2, 0.25) is 5.95 Å². The summed E-state index contributed by atoms with van der Waals surface area (Å²) in [6, 6.07) is 1.72. The molecule has 0 unspecified atom stereocenters. The minimum absolute atomic E-state index is 0.00274. The lowest BCUT2D eigenvalue weighted by Crippen LogP contribution is -2.20. The second kappa shape index (κ2) is 9.38. The monoisotopic (exact) mass is 438 g/mol. The van der Waals surface area contributed by atoms with Crippen molar-refractivity contribution in [2.75, 3.05) is 5.32 Å². The first kappa shape index (κ1) is 21.9. The Morgan fingerprint density at radius 1 is 1.26 bits per heavy atom. The molecule has 0 fully saturated rings. The minimum atomic E-state index is -4.69. The van der Waals surface area contributed by atoms with Gasteiger partial charge in [0.15, 0.2) is 5.82 Å². The number of anilines is 1. The smallest absolute Gasteiger partial charge is 0.367 e. The molecule has 0 aliphatic carbocycles. The number of hydrogen-bond acceptors (Lipinski definition) is 9. The van der Waals surface area contributed by atoms with Gasteiger partial charge in [-0.05, 0) is 34.7 Å². The molecule has 0 radical (unpaired) electrons. The van der Waals surface area contributed by atoms with E-state index in [0.29, 0.717) is 12.6 Å². The van der Waals surface area contributed by atoms with Crippen LogP contribution in [0.25, 0.3) is 0 Å². The van der Waals surface area contributed by atoms with Crippen LogP contribution in [0.15, 0.2) is 24.8 Å². The predicted octanol–water partition coefficient (Wildman–Crippen LogP) is 1.25. The number of carbonyl (C=O) groups excluding carboxylic acids is 1. The summed E-state index contributed by atoms with van der Waals surface area (Å²) in [6.07, 6.45) is -3.18. The SMILES string of the molecule is C=CCn1nnnc1NC(=O)c1ccc(C(F)(F)F)nc1COCc1nnn(CC)n1. The van der Waals surface area contributed by atoms with Crippen LogP contribution in [0.3, 0.4) is 0 Å². The lowest BCUT2D eigenvalue weighted by Gasteiger charge is -2.12. The quantitative estimate of drug-likeness (QED) is 0.489. The average Bonchev–Trinajstić information content (AvgIpc) is 3.37. The third kappa shape index (κ3) is 5.44. The van der Waals surface area contributed by atoms with E-state index in [1.54, 1.807) is 0 Å². The van der Waals surface area contributed by atoms with E-state index in [4.69, 9.17) is 4.74 Å². The molecule has 0 bridgehead atoms. The summed E-state index contributed by atoms with van der Waals surface area (Å²) in [4.78, 5) is 17.6. The van der Waals surface area contributed by atoms with Crippen LogP contribution in [0, 0.1) is 0 Å². The number of allylic oxidation sites excluding steroid dienone is 1. The van der Waals surface area contributed by atoms with Crippen molar-refractivity contribution in [2.45, 2.75) is 39.4 Å². The fraction of sp³-hybridized carbons (Fsp3) is 0.375. The van der Waals surface area contributed by atoms with Gasteiger partial charge in [0.1, 0.15) is 12.3 Å². The van der Waals surface area contributed by atoms with Crippen molar-refractivity contribution in [3.8, 4) is 0 Å². The molecule has 1 amide bonds. The summed E-state index contributed by atoms with van der Waals surface area (Å²) in [6.45, 7) is 5.55. The molecule has 3 rings (SSSR count).